The number of aromatic amines is 1. The maximum atomic E-state index is 12.0. The first-order chi connectivity index (χ1) is 7.68. The Morgan fingerprint density at radius 3 is 3.00 bits per heavy atom. The van der Waals surface area contributed by atoms with Crippen molar-refractivity contribution in [2.75, 3.05) is 13.1 Å². The van der Waals surface area contributed by atoms with E-state index in [2.05, 4.69) is 27.8 Å². The average Bonchev–Trinajstić information content (AvgIpc) is 2.86. The Labute approximate surface area is 95.0 Å². The number of amides is 1. The summed E-state index contributed by atoms with van der Waals surface area (Å²) in [4.78, 5) is 12.0. The van der Waals surface area contributed by atoms with Crippen LogP contribution >= 0.6 is 0 Å². The second-order valence-corrected chi connectivity index (χ2v) is 4.50. The van der Waals surface area contributed by atoms with Crippen molar-refractivity contribution in [1.82, 2.24) is 20.8 Å². The van der Waals surface area contributed by atoms with Gasteiger partial charge < -0.3 is 10.6 Å². The number of nitrogens with one attached hydrogen (secondary N) is 3. The van der Waals surface area contributed by atoms with E-state index in [1.54, 1.807) is 12.4 Å². The highest BCUT2D eigenvalue weighted by Gasteiger charge is 2.30. The van der Waals surface area contributed by atoms with E-state index in [1.807, 2.05) is 6.92 Å². The first-order valence-corrected chi connectivity index (χ1v) is 5.68. The van der Waals surface area contributed by atoms with Crippen molar-refractivity contribution in [3.8, 4) is 0 Å². The SMILES string of the molecule is CC(NC(=O)C1CNCC1C)c1cn[nH]c1. The van der Waals surface area contributed by atoms with Gasteiger partial charge in [-0.25, -0.2) is 0 Å². The molecule has 0 saturated carbocycles. The Hall–Kier alpha value is -1.36. The minimum Gasteiger partial charge on any atom is -0.349 e. The van der Waals surface area contributed by atoms with Crippen LogP contribution in [0, 0.1) is 11.8 Å². The Kier molecular flexibility index (Phi) is 3.24. The molecule has 1 fully saturated rings. The van der Waals surface area contributed by atoms with Crippen LogP contribution in [0.25, 0.3) is 0 Å². The molecule has 1 aliphatic heterocycles. The summed E-state index contributed by atoms with van der Waals surface area (Å²) >= 11 is 0. The molecule has 1 saturated heterocycles. The summed E-state index contributed by atoms with van der Waals surface area (Å²) in [6, 6.07) is 0.0130. The zero-order chi connectivity index (χ0) is 11.5. The molecule has 2 rings (SSSR count). The molecule has 1 aromatic rings. The summed E-state index contributed by atoms with van der Waals surface area (Å²) in [7, 11) is 0. The van der Waals surface area contributed by atoms with Gasteiger partial charge in [-0.3, -0.25) is 9.89 Å². The quantitative estimate of drug-likeness (QED) is 0.695. The molecule has 1 aliphatic rings. The number of hydrogen-bond acceptors (Lipinski definition) is 3. The maximum Gasteiger partial charge on any atom is 0.225 e. The molecule has 0 bridgehead atoms. The van der Waals surface area contributed by atoms with Crippen molar-refractivity contribution in [2.45, 2.75) is 19.9 Å². The molecule has 88 valence electrons. The first kappa shape index (κ1) is 11.1. The van der Waals surface area contributed by atoms with E-state index < -0.39 is 0 Å². The van der Waals surface area contributed by atoms with Crippen molar-refractivity contribution in [1.29, 1.82) is 0 Å². The molecule has 2 heterocycles. The van der Waals surface area contributed by atoms with Gasteiger partial charge in [0.1, 0.15) is 0 Å². The molecule has 1 amide bonds. The van der Waals surface area contributed by atoms with Crippen molar-refractivity contribution >= 4 is 5.91 Å². The number of nitrogens with zero attached hydrogens (tertiary/aromatic N) is 1. The van der Waals surface area contributed by atoms with E-state index >= 15 is 0 Å². The summed E-state index contributed by atoms with van der Waals surface area (Å²) in [6.45, 7) is 5.78. The van der Waals surface area contributed by atoms with E-state index in [0.29, 0.717) is 5.92 Å². The zero-order valence-electron chi connectivity index (χ0n) is 9.66. The largest absolute Gasteiger partial charge is 0.349 e. The number of hydrogen-bond donors (Lipinski definition) is 3. The van der Waals surface area contributed by atoms with Gasteiger partial charge in [-0.2, -0.15) is 5.10 Å². The van der Waals surface area contributed by atoms with E-state index in [4.69, 9.17) is 0 Å². The fourth-order valence-electron chi connectivity index (χ4n) is 2.06. The number of carbonyl (C=O) groups excluding carboxylic acids is 1. The second kappa shape index (κ2) is 4.65. The van der Waals surface area contributed by atoms with Crippen molar-refractivity contribution in [3.05, 3.63) is 18.0 Å². The lowest BCUT2D eigenvalue weighted by atomic mass is 9.97. The number of H-pyrrole nitrogens is 1. The topological polar surface area (TPSA) is 69.8 Å². The van der Waals surface area contributed by atoms with Crippen LogP contribution in [0.1, 0.15) is 25.5 Å². The van der Waals surface area contributed by atoms with Crippen molar-refractivity contribution < 1.29 is 4.79 Å². The molecule has 0 aromatic carbocycles. The van der Waals surface area contributed by atoms with Gasteiger partial charge in [-0.15, -0.1) is 0 Å². The Bertz CT molecular complexity index is 349. The van der Waals surface area contributed by atoms with E-state index in [0.717, 1.165) is 18.7 Å². The Balaban J connectivity index is 1.92. The first-order valence-electron chi connectivity index (χ1n) is 5.68. The molecule has 0 aliphatic carbocycles. The van der Waals surface area contributed by atoms with Gasteiger partial charge in [0.15, 0.2) is 0 Å². The van der Waals surface area contributed by atoms with Crippen molar-refractivity contribution in [3.63, 3.8) is 0 Å². The summed E-state index contributed by atoms with van der Waals surface area (Å²) in [5.41, 5.74) is 1.01. The molecular formula is C11H18N4O. The zero-order valence-corrected chi connectivity index (χ0v) is 9.66. The molecule has 5 heteroatoms. The molecule has 1 aromatic heterocycles. The molecule has 5 nitrogen and oxygen atoms in total. The van der Waals surface area contributed by atoms with Crippen LogP contribution < -0.4 is 10.6 Å². The monoisotopic (exact) mass is 222 g/mol. The van der Waals surface area contributed by atoms with E-state index in [-0.39, 0.29) is 17.9 Å². The number of aromatic nitrogens is 2. The smallest absolute Gasteiger partial charge is 0.225 e. The lowest BCUT2D eigenvalue weighted by Gasteiger charge is -2.18. The normalized spacial score (nSPS) is 26.6. The number of rotatable bonds is 3. The number of carbonyl (C=O) groups is 1. The molecular weight excluding hydrogens is 204 g/mol. The van der Waals surface area contributed by atoms with Gasteiger partial charge >= 0.3 is 0 Å². The third-order valence-corrected chi connectivity index (χ3v) is 3.23. The predicted octanol–water partition coefficient (Wildman–Crippen LogP) is 0.442. The van der Waals surface area contributed by atoms with Gasteiger partial charge in [-0.1, -0.05) is 6.92 Å². The van der Waals surface area contributed by atoms with Gasteiger partial charge in [0.2, 0.25) is 5.91 Å². The van der Waals surface area contributed by atoms with Gasteiger partial charge in [0.25, 0.3) is 0 Å². The van der Waals surface area contributed by atoms with E-state index in [9.17, 15) is 4.79 Å². The molecule has 0 spiro atoms. The molecule has 0 radical (unpaired) electrons. The summed E-state index contributed by atoms with van der Waals surface area (Å²) < 4.78 is 0. The molecule has 3 N–H and O–H groups in total. The summed E-state index contributed by atoms with van der Waals surface area (Å²) in [5, 5.41) is 12.9. The standard InChI is InChI=1S/C11H18N4O/c1-7-3-12-6-10(7)11(16)15-8(2)9-4-13-14-5-9/h4-5,7-8,10,12H,3,6H2,1-2H3,(H,13,14)(H,15,16). The molecule has 3 unspecified atom stereocenters. The lowest BCUT2D eigenvalue weighted by molar-refractivity contribution is -0.126. The summed E-state index contributed by atoms with van der Waals surface area (Å²) in [5.74, 6) is 0.636. The van der Waals surface area contributed by atoms with E-state index in [1.165, 1.54) is 0 Å². The van der Waals surface area contributed by atoms with Crippen LogP contribution in [-0.2, 0) is 4.79 Å². The lowest BCUT2D eigenvalue weighted by Crippen LogP contribution is -2.35. The third-order valence-electron chi connectivity index (χ3n) is 3.23. The minimum absolute atomic E-state index is 0.0130. The fourth-order valence-corrected chi connectivity index (χ4v) is 2.06. The van der Waals surface area contributed by atoms with Crippen LogP contribution in [0.15, 0.2) is 12.4 Å². The van der Waals surface area contributed by atoms with Crippen LogP contribution in [-0.4, -0.2) is 29.2 Å². The Morgan fingerprint density at radius 2 is 2.44 bits per heavy atom. The van der Waals surface area contributed by atoms with Gasteiger partial charge in [0.05, 0.1) is 18.2 Å². The van der Waals surface area contributed by atoms with Crippen LogP contribution in [0.5, 0.6) is 0 Å². The van der Waals surface area contributed by atoms with Crippen LogP contribution in [0.2, 0.25) is 0 Å². The molecule has 16 heavy (non-hydrogen) atoms. The predicted molar refractivity (Wildman–Crippen MR) is 60.7 cm³/mol. The van der Waals surface area contributed by atoms with Gasteiger partial charge in [-0.05, 0) is 19.4 Å². The fraction of sp³-hybridized carbons (Fsp3) is 0.636. The third kappa shape index (κ3) is 2.24. The van der Waals surface area contributed by atoms with Crippen molar-refractivity contribution in [2.24, 2.45) is 11.8 Å². The molecule has 3 atom stereocenters. The second-order valence-electron chi connectivity index (χ2n) is 4.50. The van der Waals surface area contributed by atoms with Crippen LogP contribution in [0.4, 0.5) is 0 Å². The Morgan fingerprint density at radius 1 is 1.62 bits per heavy atom. The summed E-state index contributed by atoms with van der Waals surface area (Å²) in [6.07, 6.45) is 3.54. The van der Waals surface area contributed by atoms with Gasteiger partial charge in [0, 0.05) is 18.3 Å². The minimum atomic E-state index is 0.0130. The highest BCUT2D eigenvalue weighted by molar-refractivity contribution is 5.80. The maximum absolute atomic E-state index is 12.0. The average molecular weight is 222 g/mol. The highest BCUT2D eigenvalue weighted by atomic mass is 16.2. The van der Waals surface area contributed by atoms with Crippen LogP contribution in [0.3, 0.4) is 0 Å². The highest BCUT2D eigenvalue weighted by Crippen LogP contribution is 2.18.